The molecule has 0 bridgehead atoms. The van der Waals surface area contributed by atoms with Crippen LogP contribution in [0.2, 0.25) is 5.02 Å². The van der Waals surface area contributed by atoms with Crippen molar-refractivity contribution in [1.82, 2.24) is 29.8 Å². The van der Waals surface area contributed by atoms with Crippen LogP contribution in [-0.2, 0) is 32.0 Å². The van der Waals surface area contributed by atoms with E-state index in [0.717, 1.165) is 112 Å². The highest BCUT2D eigenvalue weighted by Gasteiger charge is 2.27. The molecule has 372 valence electrons. The van der Waals surface area contributed by atoms with Gasteiger partial charge in [-0.2, -0.15) is 14.9 Å². The van der Waals surface area contributed by atoms with Gasteiger partial charge in [0.05, 0.1) is 73.5 Å². The highest BCUT2D eigenvalue weighted by atomic mass is 35.5. The Labute approximate surface area is 409 Å². The summed E-state index contributed by atoms with van der Waals surface area (Å²) >= 11 is 6.14. The van der Waals surface area contributed by atoms with Crippen LogP contribution in [0.25, 0.3) is 5.65 Å². The third-order valence-corrected chi connectivity index (χ3v) is 13.2. The number of nitrogens with one attached hydrogen (secondary N) is 2. The standard InChI is InChI=1S/C50H68ClN11O7/c1-2-36-34-57-62-46(30-47(59-49(36)62)61-19-4-3-5-39(61)18-22-63)55-32-35-6-15-48(56-33-35)68-28-26-66-24-23-65-25-27-67-40-16-20-60(21-17-40)45(54)14-13-44(53)50(64)58-38-8-11-41(12-9-38)69-42-10-7-37(31-52)43(51)29-42/h6-7,10,13-15,29-30,33-34,38-41,55,63H,2-5,8-9,11-12,16-28,32,53-54H2,1H3,(H,58,64)/b44-13-,45-14+/t38?,39-,41?/m0/s1. The molecule has 0 radical (unpaired) electrons. The molecular formula is C50H68ClN11O7. The number of carbonyl (C=O) groups is 1. The molecule has 1 aliphatic carbocycles. The fourth-order valence-electron chi connectivity index (χ4n) is 8.95. The summed E-state index contributed by atoms with van der Waals surface area (Å²) in [7, 11) is 0. The average molecular weight is 971 g/mol. The minimum atomic E-state index is -0.320. The number of piperidine rings is 2. The number of aromatic nitrogens is 4. The number of hydrogen-bond donors (Lipinski definition) is 5. The zero-order valence-corrected chi connectivity index (χ0v) is 40.5. The van der Waals surface area contributed by atoms with Crippen molar-refractivity contribution >= 4 is 34.8 Å². The SMILES string of the molecule is CCc1cnn2c(NCc3ccc(OCCOCCOCCOC4CCN(/C(N)=C/C=C(\N)C(=O)NC5CCC(Oc6ccc(C#N)c(Cl)c6)CC5)CC4)nc3)cc(N3CCCC[C@H]3CCO)nc12. The van der Waals surface area contributed by atoms with E-state index in [1.165, 1.54) is 6.42 Å². The fourth-order valence-corrected chi connectivity index (χ4v) is 9.16. The molecule has 7 N–H and O–H groups in total. The number of nitrogens with zero attached hydrogens (tertiary/aromatic N) is 7. The zero-order valence-electron chi connectivity index (χ0n) is 39.7. The molecule has 1 saturated carbocycles. The number of aliphatic hydroxyl groups is 1. The van der Waals surface area contributed by atoms with Crippen molar-refractivity contribution in [1.29, 1.82) is 5.26 Å². The van der Waals surface area contributed by atoms with Gasteiger partial charge in [0, 0.05) is 74.8 Å². The highest BCUT2D eigenvalue weighted by molar-refractivity contribution is 6.31. The number of aryl methyl sites for hydroxylation is 1. The lowest BCUT2D eigenvalue weighted by Crippen LogP contribution is -2.41. The van der Waals surface area contributed by atoms with Crippen molar-refractivity contribution in [2.45, 2.75) is 108 Å². The van der Waals surface area contributed by atoms with E-state index in [4.69, 9.17) is 57.0 Å². The number of rotatable bonds is 24. The Hall–Kier alpha value is -5.84. The Morgan fingerprint density at radius 3 is 2.43 bits per heavy atom. The summed E-state index contributed by atoms with van der Waals surface area (Å²) in [5.74, 6) is 3.17. The van der Waals surface area contributed by atoms with Gasteiger partial charge in [-0.1, -0.05) is 24.6 Å². The number of ether oxygens (including phenoxy) is 5. The van der Waals surface area contributed by atoms with E-state index >= 15 is 0 Å². The third kappa shape index (κ3) is 14.8. The second-order valence-corrected chi connectivity index (χ2v) is 18.0. The summed E-state index contributed by atoms with van der Waals surface area (Å²) < 4.78 is 31.2. The first-order chi connectivity index (χ1) is 33.7. The number of carbonyl (C=O) groups excluding carboxylic acids is 1. The maximum atomic E-state index is 12.8. The van der Waals surface area contributed by atoms with Crippen LogP contribution in [-0.4, -0.2) is 126 Å². The number of fused-ring (bicyclic) bond motifs is 1. The van der Waals surface area contributed by atoms with Crippen LogP contribution < -0.4 is 36.5 Å². The zero-order chi connectivity index (χ0) is 48.4. The van der Waals surface area contributed by atoms with Crippen LogP contribution in [0.4, 0.5) is 11.6 Å². The average Bonchev–Trinajstić information content (AvgIpc) is 3.80. The summed E-state index contributed by atoms with van der Waals surface area (Å²) in [4.78, 5) is 26.8. The van der Waals surface area contributed by atoms with Crippen molar-refractivity contribution < 1.29 is 33.6 Å². The van der Waals surface area contributed by atoms with Gasteiger partial charge in [-0.05, 0) is 100 Å². The molecule has 5 heterocycles. The van der Waals surface area contributed by atoms with Crippen molar-refractivity contribution in [3.63, 3.8) is 0 Å². The molecule has 19 heteroatoms. The summed E-state index contributed by atoms with van der Waals surface area (Å²) in [6.45, 7) is 7.87. The van der Waals surface area contributed by atoms with E-state index in [1.54, 1.807) is 36.5 Å². The minimum absolute atomic E-state index is 0.0000881. The van der Waals surface area contributed by atoms with E-state index in [9.17, 15) is 9.90 Å². The quantitative estimate of drug-likeness (QED) is 0.0326. The van der Waals surface area contributed by atoms with Crippen molar-refractivity contribution in [3.05, 3.63) is 94.2 Å². The first-order valence-electron chi connectivity index (χ1n) is 24.4. The molecule has 2 saturated heterocycles. The number of likely N-dealkylation sites (tertiary alicyclic amines) is 1. The Morgan fingerprint density at radius 1 is 0.928 bits per heavy atom. The van der Waals surface area contributed by atoms with Crippen LogP contribution in [0, 0.1) is 11.3 Å². The van der Waals surface area contributed by atoms with Crippen molar-refractivity contribution in [3.8, 4) is 17.7 Å². The molecule has 1 atom stereocenters. The number of hydrogen-bond acceptors (Lipinski definition) is 16. The molecule has 0 unspecified atom stereocenters. The van der Waals surface area contributed by atoms with Crippen molar-refractivity contribution in [2.24, 2.45) is 11.5 Å². The number of nitriles is 1. The summed E-state index contributed by atoms with van der Waals surface area (Å²) in [5.41, 5.74) is 15.9. The second-order valence-electron chi connectivity index (χ2n) is 17.6. The number of benzene rings is 1. The number of amides is 1. The van der Waals surface area contributed by atoms with Gasteiger partial charge in [0.15, 0.2) is 5.65 Å². The molecule has 3 aromatic heterocycles. The van der Waals surface area contributed by atoms with Gasteiger partial charge in [-0.25, -0.2) is 9.97 Å². The van der Waals surface area contributed by atoms with E-state index < -0.39 is 0 Å². The summed E-state index contributed by atoms with van der Waals surface area (Å²) in [6, 6.07) is 13.3. The maximum Gasteiger partial charge on any atom is 0.267 e. The smallest absolute Gasteiger partial charge is 0.267 e. The Morgan fingerprint density at radius 2 is 1.71 bits per heavy atom. The second kappa shape index (κ2) is 26.2. The van der Waals surface area contributed by atoms with Crippen LogP contribution in [0.15, 0.2) is 72.5 Å². The molecule has 3 aliphatic rings. The van der Waals surface area contributed by atoms with Crippen LogP contribution in [0.5, 0.6) is 11.6 Å². The fraction of sp³-hybridized carbons (Fsp3) is 0.540. The largest absolute Gasteiger partial charge is 0.490 e. The summed E-state index contributed by atoms with van der Waals surface area (Å²) in [6.07, 6.45) is 16.7. The lowest BCUT2D eigenvalue weighted by molar-refractivity contribution is -0.118. The molecule has 1 aromatic carbocycles. The number of allylic oxidation sites excluding steroid dienone is 2. The minimum Gasteiger partial charge on any atom is -0.490 e. The molecule has 18 nitrogen and oxygen atoms in total. The molecule has 1 amide bonds. The molecule has 69 heavy (non-hydrogen) atoms. The van der Waals surface area contributed by atoms with Crippen LogP contribution in [0.1, 0.15) is 87.8 Å². The lowest BCUT2D eigenvalue weighted by Gasteiger charge is -2.36. The molecule has 4 aromatic rings. The van der Waals surface area contributed by atoms with Crippen LogP contribution >= 0.6 is 11.6 Å². The van der Waals surface area contributed by atoms with Gasteiger partial charge in [-0.15, -0.1) is 0 Å². The first kappa shape index (κ1) is 51.0. The predicted octanol–water partition coefficient (Wildman–Crippen LogP) is 5.61. The first-order valence-corrected chi connectivity index (χ1v) is 24.8. The van der Waals surface area contributed by atoms with Gasteiger partial charge in [0.25, 0.3) is 5.91 Å². The topological polar surface area (TPSA) is 233 Å². The number of anilines is 2. The molecule has 0 spiro atoms. The highest BCUT2D eigenvalue weighted by Crippen LogP contribution is 2.30. The van der Waals surface area contributed by atoms with Crippen molar-refractivity contribution in [2.75, 3.05) is 76.1 Å². The molecule has 2 aliphatic heterocycles. The van der Waals surface area contributed by atoms with Gasteiger partial charge >= 0.3 is 0 Å². The number of nitrogens with two attached hydrogens (primary N) is 2. The number of pyridine rings is 1. The van der Waals surface area contributed by atoms with Crippen LogP contribution in [0.3, 0.4) is 0 Å². The van der Waals surface area contributed by atoms with Gasteiger partial charge in [0.1, 0.15) is 30.1 Å². The Bertz CT molecular complexity index is 2360. The predicted molar refractivity (Wildman–Crippen MR) is 264 cm³/mol. The van der Waals surface area contributed by atoms with Gasteiger partial charge < -0.3 is 60.7 Å². The van der Waals surface area contributed by atoms with E-state index in [-0.39, 0.29) is 42.5 Å². The monoisotopic (exact) mass is 969 g/mol. The Kier molecular flexibility index (Phi) is 19.4. The summed E-state index contributed by atoms with van der Waals surface area (Å²) in [5, 5.41) is 30.4. The van der Waals surface area contributed by atoms with E-state index in [2.05, 4.69) is 43.5 Å². The third-order valence-electron chi connectivity index (χ3n) is 12.9. The lowest BCUT2D eigenvalue weighted by atomic mass is 9.93. The van der Waals surface area contributed by atoms with E-state index in [1.807, 2.05) is 28.9 Å². The van der Waals surface area contributed by atoms with Gasteiger partial charge in [-0.3, -0.25) is 4.79 Å². The molecule has 3 fully saturated rings. The van der Waals surface area contributed by atoms with Gasteiger partial charge in [0.2, 0.25) is 5.88 Å². The molecule has 7 rings (SSSR count). The normalized spacial score (nSPS) is 19.4. The maximum absolute atomic E-state index is 12.8. The number of aliphatic hydroxyl groups excluding tert-OH is 1. The van der Waals surface area contributed by atoms with E-state index in [0.29, 0.717) is 74.2 Å². The molecular weight excluding hydrogens is 902 g/mol. The Balaban J connectivity index is 0.710. The number of halogens is 1.